The summed E-state index contributed by atoms with van der Waals surface area (Å²) in [4.78, 5) is 42.9. The van der Waals surface area contributed by atoms with Crippen molar-refractivity contribution >= 4 is 29.1 Å². The molecule has 10 nitrogen and oxygen atoms in total. The first-order valence-electron chi connectivity index (χ1n) is 13.7. The van der Waals surface area contributed by atoms with Crippen LogP contribution in [0.4, 0.5) is 5.69 Å². The quantitative estimate of drug-likeness (QED) is 0.147. The van der Waals surface area contributed by atoms with Crippen LogP contribution in [0.25, 0.3) is 6.08 Å². The summed E-state index contributed by atoms with van der Waals surface area (Å²) in [5, 5.41) is 11.0. The lowest BCUT2D eigenvalue weighted by Gasteiger charge is -2.26. The van der Waals surface area contributed by atoms with Crippen LogP contribution in [0, 0.1) is 10.1 Å². The summed E-state index contributed by atoms with van der Waals surface area (Å²) in [6.45, 7) is 6.11. The second-order valence-electron chi connectivity index (χ2n) is 9.52. The number of para-hydroxylation sites is 2. The number of aromatic nitrogens is 1. The molecule has 11 heteroatoms. The molecule has 0 unspecified atom stereocenters. The summed E-state index contributed by atoms with van der Waals surface area (Å²) in [7, 11) is 0. The maximum Gasteiger partial charge on any atom is 0.338 e. The largest absolute Gasteiger partial charge is 0.494 e. The Morgan fingerprint density at radius 2 is 1.70 bits per heavy atom. The Labute approximate surface area is 251 Å². The van der Waals surface area contributed by atoms with Gasteiger partial charge in [-0.25, -0.2) is 9.79 Å². The molecule has 3 aromatic carbocycles. The number of carbonyl (C=O) groups excluding carboxylic acids is 1. The van der Waals surface area contributed by atoms with Gasteiger partial charge in [-0.15, -0.1) is 0 Å². The van der Waals surface area contributed by atoms with E-state index >= 15 is 0 Å². The Morgan fingerprint density at radius 1 is 1.00 bits per heavy atom. The third kappa shape index (κ3) is 6.12. The minimum atomic E-state index is -0.797. The van der Waals surface area contributed by atoms with Crippen molar-refractivity contribution in [2.24, 2.45) is 4.99 Å². The van der Waals surface area contributed by atoms with Crippen molar-refractivity contribution in [1.82, 2.24) is 4.57 Å². The van der Waals surface area contributed by atoms with Gasteiger partial charge in [0, 0.05) is 23.3 Å². The molecule has 5 rings (SSSR count). The number of allylic oxidation sites excluding steroid dienone is 1. The van der Waals surface area contributed by atoms with E-state index in [1.165, 1.54) is 28.0 Å². The minimum absolute atomic E-state index is 0.00283. The summed E-state index contributed by atoms with van der Waals surface area (Å²) in [5.41, 5.74) is 2.51. The van der Waals surface area contributed by atoms with Crippen molar-refractivity contribution in [3.05, 3.63) is 131 Å². The molecule has 0 N–H and O–H groups in total. The molecule has 1 aromatic heterocycles. The van der Waals surface area contributed by atoms with E-state index in [0.29, 0.717) is 44.3 Å². The van der Waals surface area contributed by atoms with Crippen LogP contribution >= 0.6 is 11.3 Å². The predicted molar refractivity (Wildman–Crippen MR) is 162 cm³/mol. The first-order valence-corrected chi connectivity index (χ1v) is 14.5. The van der Waals surface area contributed by atoms with Gasteiger partial charge in [0.1, 0.15) is 24.1 Å². The summed E-state index contributed by atoms with van der Waals surface area (Å²) in [6, 6.07) is 20.0. The molecule has 0 fully saturated rings. The molecule has 2 heterocycles. The van der Waals surface area contributed by atoms with Gasteiger partial charge in [-0.2, -0.15) is 0 Å². The molecule has 0 spiro atoms. The zero-order valence-corrected chi connectivity index (χ0v) is 24.6. The highest BCUT2D eigenvalue weighted by Crippen LogP contribution is 2.36. The molecule has 0 saturated heterocycles. The molecule has 220 valence electrons. The van der Waals surface area contributed by atoms with Crippen molar-refractivity contribution in [1.29, 1.82) is 0 Å². The zero-order valence-electron chi connectivity index (χ0n) is 23.8. The highest BCUT2D eigenvalue weighted by atomic mass is 32.1. The van der Waals surface area contributed by atoms with Gasteiger partial charge in [-0.3, -0.25) is 19.5 Å². The van der Waals surface area contributed by atoms with Crippen LogP contribution in [0.15, 0.2) is 93.9 Å². The van der Waals surface area contributed by atoms with E-state index in [1.54, 1.807) is 38.1 Å². The smallest absolute Gasteiger partial charge is 0.338 e. The van der Waals surface area contributed by atoms with Gasteiger partial charge in [0.2, 0.25) is 0 Å². The number of fused-ring (bicyclic) bond motifs is 1. The topological polar surface area (TPSA) is 122 Å². The Hall–Kier alpha value is -5.03. The zero-order chi connectivity index (χ0) is 30.5. The number of non-ortho nitro benzene ring substituents is 1. The molecular weight excluding hydrogens is 570 g/mol. The second-order valence-corrected chi connectivity index (χ2v) is 10.5. The lowest BCUT2D eigenvalue weighted by Crippen LogP contribution is -2.40. The van der Waals surface area contributed by atoms with Gasteiger partial charge in [0.25, 0.3) is 11.2 Å². The van der Waals surface area contributed by atoms with Crippen molar-refractivity contribution in [2.75, 3.05) is 13.2 Å². The molecule has 4 aromatic rings. The number of thiazole rings is 1. The fraction of sp³-hybridized carbons (Fsp3) is 0.219. The molecule has 1 aliphatic rings. The van der Waals surface area contributed by atoms with Crippen LogP contribution in [0.2, 0.25) is 0 Å². The van der Waals surface area contributed by atoms with Gasteiger partial charge in [0.15, 0.2) is 4.80 Å². The standard InChI is InChI=1S/C32H29N3O7S/c1-4-40-26-13-9-7-11-24(26)29-28(31(37)41-5-2)20(3)33-32-34(29)30(36)27(43-32)18-22-10-6-8-12-25(22)42-19-21-14-16-23(17-15-21)35(38)39/h6-18,29H,4-5,19H2,1-3H3/b27-18-/t29-/m0/s1. The number of esters is 1. The van der Waals surface area contributed by atoms with Gasteiger partial charge in [-0.05, 0) is 56.7 Å². The van der Waals surface area contributed by atoms with Gasteiger partial charge >= 0.3 is 5.97 Å². The van der Waals surface area contributed by atoms with Crippen LogP contribution < -0.4 is 24.4 Å². The lowest BCUT2D eigenvalue weighted by molar-refractivity contribution is -0.384. The normalized spacial score (nSPS) is 14.6. The number of carbonyl (C=O) groups is 1. The van der Waals surface area contributed by atoms with Gasteiger partial charge < -0.3 is 14.2 Å². The molecule has 43 heavy (non-hydrogen) atoms. The van der Waals surface area contributed by atoms with Crippen LogP contribution in [-0.4, -0.2) is 28.7 Å². The van der Waals surface area contributed by atoms with E-state index in [4.69, 9.17) is 14.2 Å². The third-order valence-electron chi connectivity index (χ3n) is 6.78. The number of hydrogen-bond donors (Lipinski definition) is 0. The number of nitrogens with zero attached hydrogens (tertiary/aromatic N) is 3. The lowest BCUT2D eigenvalue weighted by atomic mass is 9.95. The number of hydrogen-bond acceptors (Lipinski definition) is 9. The number of nitro benzene ring substituents is 1. The van der Waals surface area contributed by atoms with Crippen LogP contribution in [0.1, 0.15) is 43.5 Å². The maximum absolute atomic E-state index is 14.1. The fourth-order valence-electron chi connectivity index (χ4n) is 4.83. The van der Waals surface area contributed by atoms with Gasteiger partial charge in [0.05, 0.1) is 33.9 Å². The van der Waals surface area contributed by atoms with E-state index in [1.807, 2.05) is 49.4 Å². The van der Waals surface area contributed by atoms with E-state index in [0.717, 1.165) is 5.56 Å². The molecule has 0 amide bonds. The van der Waals surface area contributed by atoms with Crippen molar-refractivity contribution in [2.45, 2.75) is 33.4 Å². The van der Waals surface area contributed by atoms with E-state index in [9.17, 15) is 19.7 Å². The average molecular weight is 600 g/mol. The molecular formula is C32H29N3O7S. The molecule has 0 bridgehead atoms. The predicted octanol–water partition coefficient (Wildman–Crippen LogP) is 4.68. The molecule has 0 saturated carbocycles. The average Bonchev–Trinajstić information content (AvgIpc) is 3.30. The van der Waals surface area contributed by atoms with Crippen molar-refractivity contribution < 1.29 is 23.9 Å². The van der Waals surface area contributed by atoms with Crippen molar-refractivity contribution in [3.8, 4) is 11.5 Å². The van der Waals surface area contributed by atoms with E-state index in [2.05, 4.69) is 4.99 Å². The summed E-state index contributed by atoms with van der Waals surface area (Å²) >= 11 is 1.21. The maximum atomic E-state index is 14.1. The SMILES string of the molecule is CCOC(=O)C1=C(C)N=c2s/c(=C\c3ccccc3OCc3ccc([N+](=O)[O-])cc3)c(=O)n2[C@H]1c1ccccc1OCC. The van der Waals surface area contributed by atoms with Crippen LogP contribution in [0.5, 0.6) is 11.5 Å². The first kappa shape index (κ1) is 29.5. The third-order valence-corrected chi connectivity index (χ3v) is 7.76. The second kappa shape index (κ2) is 12.9. The molecule has 1 aliphatic heterocycles. The van der Waals surface area contributed by atoms with E-state index in [-0.39, 0.29) is 30.0 Å². The molecule has 0 radical (unpaired) electrons. The van der Waals surface area contributed by atoms with E-state index < -0.39 is 16.9 Å². The summed E-state index contributed by atoms with van der Waals surface area (Å²) in [5.74, 6) is 0.554. The minimum Gasteiger partial charge on any atom is -0.494 e. The number of benzene rings is 3. The van der Waals surface area contributed by atoms with Crippen LogP contribution in [-0.2, 0) is 16.1 Å². The van der Waals surface area contributed by atoms with Gasteiger partial charge in [-0.1, -0.05) is 47.7 Å². The fourth-order valence-corrected chi connectivity index (χ4v) is 5.86. The highest BCUT2D eigenvalue weighted by molar-refractivity contribution is 7.07. The van der Waals surface area contributed by atoms with Crippen molar-refractivity contribution in [3.63, 3.8) is 0 Å². The highest BCUT2D eigenvalue weighted by Gasteiger charge is 2.35. The Balaban J connectivity index is 1.58. The first-order chi connectivity index (χ1) is 20.8. The molecule has 0 aliphatic carbocycles. The van der Waals surface area contributed by atoms with Crippen LogP contribution in [0.3, 0.4) is 0 Å². The Kier molecular flexibility index (Phi) is 8.82. The number of ether oxygens (including phenoxy) is 3. The number of nitro groups is 1. The molecule has 1 atom stereocenters. The Bertz CT molecular complexity index is 1890. The summed E-state index contributed by atoms with van der Waals surface area (Å²) < 4.78 is 19.3. The number of rotatable bonds is 10. The Morgan fingerprint density at radius 3 is 2.40 bits per heavy atom. The monoisotopic (exact) mass is 599 g/mol. The summed E-state index contributed by atoms with van der Waals surface area (Å²) in [6.07, 6.45) is 1.74.